The Bertz CT molecular complexity index is 248. The third-order valence-electron chi connectivity index (χ3n) is 2.92. The van der Waals surface area contributed by atoms with E-state index >= 15 is 0 Å². The summed E-state index contributed by atoms with van der Waals surface area (Å²) in [6.45, 7) is 8.17. The molecule has 0 aliphatic carbocycles. The molecule has 0 aromatic heterocycles. The molecule has 1 saturated heterocycles. The van der Waals surface area contributed by atoms with Crippen LogP contribution in [0.15, 0.2) is 0 Å². The SMILES string of the molecule is C=S(=O)(C(C)C)N1CCC(C)CC1. The second-order valence-corrected chi connectivity index (χ2v) is 7.19. The van der Waals surface area contributed by atoms with Gasteiger partial charge in [-0.1, -0.05) is 20.8 Å². The van der Waals surface area contributed by atoms with E-state index in [2.05, 4.69) is 17.1 Å². The second kappa shape index (κ2) is 4.01. The van der Waals surface area contributed by atoms with Crippen molar-refractivity contribution in [3.63, 3.8) is 0 Å². The van der Waals surface area contributed by atoms with Gasteiger partial charge in [-0.2, -0.15) is 0 Å². The first-order valence-electron chi connectivity index (χ1n) is 5.05. The molecule has 2 nitrogen and oxygen atoms in total. The predicted octanol–water partition coefficient (Wildman–Crippen LogP) is 1.76. The zero-order valence-corrected chi connectivity index (χ0v) is 9.77. The quantitative estimate of drug-likeness (QED) is 0.626. The Morgan fingerprint density at radius 1 is 1.38 bits per heavy atom. The fourth-order valence-corrected chi connectivity index (χ4v) is 3.02. The number of hydrogen-bond acceptors (Lipinski definition) is 1. The predicted molar refractivity (Wildman–Crippen MR) is 60.4 cm³/mol. The van der Waals surface area contributed by atoms with Gasteiger partial charge in [-0.25, -0.2) is 4.31 Å². The van der Waals surface area contributed by atoms with Crippen LogP contribution in [-0.4, -0.2) is 32.7 Å². The van der Waals surface area contributed by atoms with Crippen LogP contribution in [0.25, 0.3) is 0 Å². The molecule has 1 heterocycles. The number of nitrogens with zero attached hydrogens (tertiary/aromatic N) is 1. The van der Waals surface area contributed by atoms with E-state index in [0.29, 0.717) is 0 Å². The Kier molecular flexibility index (Phi) is 3.41. The van der Waals surface area contributed by atoms with Gasteiger partial charge >= 0.3 is 0 Å². The van der Waals surface area contributed by atoms with Gasteiger partial charge in [0.25, 0.3) is 0 Å². The van der Waals surface area contributed by atoms with E-state index in [1.54, 1.807) is 0 Å². The van der Waals surface area contributed by atoms with Gasteiger partial charge in [0.05, 0.1) is 0 Å². The molecule has 0 radical (unpaired) electrons. The van der Waals surface area contributed by atoms with Crippen molar-refractivity contribution in [2.75, 3.05) is 13.1 Å². The molecule has 1 aliphatic rings. The van der Waals surface area contributed by atoms with Gasteiger partial charge in [0.2, 0.25) is 0 Å². The van der Waals surface area contributed by atoms with Crippen molar-refractivity contribution < 1.29 is 4.21 Å². The van der Waals surface area contributed by atoms with Gasteiger partial charge in [-0.15, -0.1) is 0 Å². The van der Waals surface area contributed by atoms with E-state index in [-0.39, 0.29) is 5.25 Å². The Labute approximate surface area is 82.5 Å². The minimum Gasteiger partial charge on any atom is -0.252 e. The van der Waals surface area contributed by atoms with E-state index in [1.165, 1.54) is 12.8 Å². The average molecular weight is 203 g/mol. The molecule has 0 spiro atoms. The minimum absolute atomic E-state index is 0.168. The Morgan fingerprint density at radius 3 is 2.23 bits per heavy atom. The zero-order valence-electron chi connectivity index (χ0n) is 8.95. The standard InChI is InChI=1S/C10H21NOS/c1-9(2)13(4,12)11-7-5-10(3)6-8-11/h9-10H,4-8H2,1-3H3. The van der Waals surface area contributed by atoms with Gasteiger partial charge in [0.15, 0.2) is 0 Å². The highest BCUT2D eigenvalue weighted by Gasteiger charge is 2.23. The Balaban J connectivity index is 2.64. The monoisotopic (exact) mass is 203 g/mol. The Morgan fingerprint density at radius 2 is 1.85 bits per heavy atom. The van der Waals surface area contributed by atoms with Crippen molar-refractivity contribution >= 4 is 15.6 Å². The van der Waals surface area contributed by atoms with Gasteiger partial charge in [-0.3, -0.25) is 4.21 Å². The van der Waals surface area contributed by atoms with Crippen LogP contribution < -0.4 is 0 Å². The molecule has 78 valence electrons. The van der Waals surface area contributed by atoms with Crippen LogP contribution in [0.2, 0.25) is 0 Å². The smallest absolute Gasteiger partial charge is 0.0347 e. The normalized spacial score (nSPS) is 26.2. The van der Waals surface area contributed by atoms with E-state index in [9.17, 15) is 4.21 Å². The summed E-state index contributed by atoms with van der Waals surface area (Å²) in [7, 11) is -1.99. The van der Waals surface area contributed by atoms with Crippen molar-refractivity contribution in [2.24, 2.45) is 5.92 Å². The van der Waals surface area contributed by atoms with Gasteiger partial charge in [0, 0.05) is 28.0 Å². The molecule has 13 heavy (non-hydrogen) atoms. The van der Waals surface area contributed by atoms with Gasteiger partial charge in [-0.05, 0) is 24.6 Å². The minimum atomic E-state index is -1.99. The van der Waals surface area contributed by atoms with E-state index in [1.807, 2.05) is 13.8 Å². The summed E-state index contributed by atoms with van der Waals surface area (Å²) in [4.78, 5) is 0. The van der Waals surface area contributed by atoms with Crippen molar-refractivity contribution in [2.45, 2.75) is 38.9 Å². The molecule has 1 atom stereocenters. The summed E-state index contributed by atoms with van der Waals surface area (Å²) in [5.74, 6) is 4.66. The molecule has 1 unspecified atom stereocenters. The lowest BCUT2D eigenvalue weighted by Gasteiger charge is -2.34. The molecule has 0 N–H and O–H groups in total. The molecule has 0 amide bonds. The molecule has 0 bridgehead atoms. The van der Waals surface area contributed by atoms with Gasteiger partial charge < -0.3 is 0 Å². The lowest BCUT2D eigenvalue weighted by molar-refractivity contribution is 0.297. The van der Waals surface area contributed by atoms with Crippen LogP contribution in [0.3, 0.4) is 0 Å². The van der Waals surface area contributed by atoms with E-state index in [0.717, 1.165) is 19.0 Å². The number of hydrogen-bond donors (Lipinski definition) is 0. The summed E-state index contributed by atoms with van der Waals surface area (Å²) in [5, 5.41) is 0.168. The first-order valence-corrected chi connectivity index (χ1v) is 6.80. The van der Waals surface area contributed by atoms with Crippen LogP contribution in [0.1, 0.15) is 33.6 Å². The molecule has 1 fully saturated rings. The van der Waals surface area contributed by atoms with Crippen LogP contribution >= 0.6 is 0 Å². The van der Waals surface area contributed by atoms with Crippen molar-refractivity contribution in [3.8, 4) is 0 Å². The summed E-state index contributed by atoms with van der Waals surface area (Å²) >= 11 is 0. The maximum Gasteiger partial charge on any atom is 0.0347 e. The zero-order chi connectivity index (χ0) is 10.1. The van der Waals surface area contributed by atoms with Crippen molar-refractivity contribution in [1.82, 2.24) is 4.31 Å². The molecule has 0 saturated carbocycles. The molecule has 0 aromatic carbocycles. The maximum atomic E-state index is 12.2. The molecule has 0 aromatic rings. The molecule has 3 heteroatoms. The highest BCUT2D eigenvalue weighted by atomic mass is 32.2. The lowest BCUT2D eigenvalue weighted by atomic mass is 10.0. The van der Waals surface area contributed by atoms with E-state index in [4.69, 9.17) is 0 Å². The molecule has 1 rings (SSSR count). The summed E-state index contributed by atoms with van der Waals surface area (Å²) in [6, 6.07) is 0. The molecular formula is C10H21NOS. The fourth-order valence-electron chi connectivity index (χ4n) is 1.59. The Hall–Kier alpha value is -0.0200. The summed E-state index contributed by atoms with van der Waals surface area (Å²) in [5.41, 5.74) is 0. The lowest BCUT2D eigenvalue weighted by Crippen LogP contribution is -2.41. The fraction of sp³-hybridized carbons (Fsp3) is 0.900. The highest BCUT2D eigenvalue weighted by Crippen LogP contribution is 2.20. The van der Waals surface area contributed by atoms with Crippen LogP contribution in [0.4, 0.5) is 0 Å². The third kappa shape index (κ3) is 2.47. The van der Waals surface area contributed by atoms with Crippen LogP contribution in [-0.2, 0) is 9.71 Å². The maximum absolute atomic E-state index is 12.2. The average Bonchev–Trinajstić information content (AvgIpc) is 2.04. The molecule has 1 aliphatic heterocycles. The highest BCUT2D eigenvalue weighted by molar-refractivity contribution is 7.98. The number of rotatable bonds is 2. The van der Waals surface area contributed by atoms with Crippen LogP contribution in [0.5, 0.6) is 0 Å². The topological polar surface area (TPSA) is 20.3 Å². The van der Waals surface area contributed by atoms with E-state index < -0.39 is 9.71 Å². The van der Waals surface area contributed by atoms with Crippen LogP contribution in [0, 0.1) is 5.92 Å². The third-order valence-corrected chi connectivity index (χ3v) is 5.63. The summed E-state index contributed by atoms with van der Waals surface area (Å²) in [6.07, 6.45) is 2.33. The molecular weight excluding hydrogens is 182 g/mol. The summed E-state index contributed by atoms with van der Waals surface area (Å²) < 4.78 is 14.2. The second-order valence-electron chi connectivity index (χ2n) is 4.35. The van der Waals surface area contributed by atoms with Gasteiger partial charge in [0.1, 0.15) is 0 Å². The first-order chi connectivity index (χ1) is 5.94. The van der Waals surface area contributed by atoms with Crippen molar-refractivity contribution in [3.05, 3.63) is 0 Å². The van der Waals surface area contributed by atoms with Crippen molar-refractivity contribution in [1.29, 1.82) is 0 Å². The largest absolute Gasteiger partial charge is 0.252 e. The first kappa shape index (κ1) is 11.1. The number of piperidine rings is 1.